The number of rotatable bonds is 4. The maximum Gasteiger partial charge on any atom is 0.237 e. The lowest BCUT2D eigenvalue weighted by Crippen LogP contribution is -2.15. The van der Waals surface area contributed by atoms with Crippen LogP contribution in [0.5, 0.6) is 5.75 Å². The monoisotopic (exact) mass is 311 g/mol. The second kappa shape index (κ2) is 5.73. The van der Waals surface area contributed by atoms with Crippen LogP contribution in [0.4, 0.5) is 5.69 Å². The van der Waals surface area contributed by atoms with E-state index in [-0.39, 0.29) is 22.2 Å². The summed E-state index contributed by atoms with van der Waals surface area (Å²) in [7, 11) is -3.61. The molecule has 0 aliphatic carbocycles. The summed E-state index contributed by atoms with van der Waals surface area (Å²) >= 11 is 5.89. The van der Waals surface area contributed by atoms with Crippen LogP contribution in [-0.4, -0.2) is 13.5 Å². The number of anilines is 1. The molecule has 0 fully saturated rings. The molecule has 20 heavy (non-hydrogen) atoms. The zero-order valence-electron chi connectivity index (χ0n) is 10.8. The number of sulfonamides is 1. The fraction of sp³-hybridized carbons (Fsp3) is 0.143. The molecular weight excluding hydrogens is 298 g/mol. The summed E-state index contributed by atoms with van der Waals surface area (Å²) in [4.78, 5) is 0. The Morgan fingerprint density at radius 2 is 1.80 bits per heavy atom. The summed E-state index contributed by atoms with van der Waals surface area (Å²) in [5.41, 5.74) is 1.42. The van der Waals surface area contributed by atoms with Crippen LogP contribution in [0.15, 0.2) is 42.5 Å². The van der Waals surface area contributed by atoms with Crippen molar-refractivity contribution < 1.29 is 13.5 Å². The normalized spacial score (nSPS) is 11.3. The Balaban J connectivity index is 2.23. The lowest BCUT2D eigenvalue weighted by Gasteiger charge is -2.11. The van der Waals surface area contributed by atoms with Crippen LogP contribution in [0.1, 0.15) is 11.1 Å². The van der Waals surface area contributed by atoms with E-state index in [1.807, 2.05) is 6.07 Å². The van der Waals surface area contributed by atoms with E-state index in [1.165, 1.54) is 6.07 Å². The van der Waals surface area contributed by atoms with Crippen molar-refractivity contribution in [2.75, 3.05) is 4.72 Å². The summed E-state index contributed by atoms with van der Waals surface area (Å²) in [6.45, 7) is 1.73. The van der Waals surface area contributed by atoms with Gasteiger partial charge in [-0.1, -0.05) is 48.0 Å². The van der Waals surface area contributed by atoms with Crippen molar-refractivity contribution in [2.24, 2.45) is 0 Å². The Morgan fingerprint density at radius 1 is 1.15 bits per heavy atom. The van der Waals surface area contributed by atoms with Gasteiger partial charge in [0.2, 0.25) is 10.0 Å². The Hall–Kier alpha value is -1.72. The van der Waals surface area contributed by atoms with Crippen LogP contribution < -0.4 is 4.72 Å². The highest BCUT2D eigenvalue weighted by Gasteiger charge is 2.16. The highest BCUT2D eigenvalue weighted by Crippen LogP contribution is 2.34. The number of hydrogen-bond acceptors (Lipinski definition) is 3. The van der Waals surface area contributed by atoms with Crippen LogP contribution in [0.3, 0.4) is 0 Å². The predicted octanol–water partition coefficient (Wildman–Crippen LogP) is 3.30. The van der Waals surface area contributed by atoms with E-state index in [1.54, 1.807) is 37.3 Å². The second-order valence-corrected chi connectivity index (χ2v) is 6.54. The van der Waals surface area contributed by atoms with Gasteiger partial charge < -0.3 is 5.11 Å². The van der Waals surface area contributed by atoms with E-state index in [9.17, 15) is 13.5 Å². The summed E-state index contributed by atoms with van der Waals surface area (Å²) in [5, 5.41) is 9.99. The van der Waals surface area contributed by atoms with Gasteiger partial charge in [-0.2, -0.15) is 0 Å². The summed E-state index contributed by atoms with van der Waals surface area (Å²) < 4.78 is 26.4. The number of phenols is 1. The van der Waals surface area contributed by atoms with Gasteiger partial charge in [-0.25, -0.2) is 8.42 Å². The van der Waals surface area contributed by atoms with Crippen LogP contribution in [0, 0.1) is 6.92 Å². The van der Waals surface area contributed by atoms with Crippen molar-refractivity contribution in [1.82, 2.24) is 0 Å². The van der Waals surface area contributed by atoms with E-state index < -0.39 is 10.0 Å². The van der Waals surface area contributed by atoms with Gasteiger partial charge in [0.15, 0.2) is 5.75 Å². The van der Waals surface area contributed by atoms with Gasteiger partial charge >= 0.3 is 0 Å². The molecule has 0 aliphatic heterocycles. The van der Waals surface area contributed by atoms with Crippen molar-refractivity contribution in [3.05, 3.63) is 58.6 Å². The molecule has 0 amide bonds. The average molecular weight is 312 g/mol. The minimum Gasteiger partial charge on any atom is -0.504 e. The number of aromatic hydroxyl groups is 1. The molecule has 2 N–H and O–H groups in total. The van der Waals surface area contributed by atoms with Crippen molar-refractivity contribution in [3.8, 4) is 5.75 Å². The number of phenolic OH excluding ortho intramolecular Hbond substituents is 1. The topological polar surface area (TPSA) is 66.4 Å². The van der Waals surface area contributed by atoms with Gasteiger partial charge in [0.05, 0.1) is 16.5 Å². The highest BCUT2D eigenvalue weighted by molar-refractivity contribution is 7.91. The smallest absolute Gasteiger partial charge is 0.237 e. The molecule has 0 aliphatic rings. The van der Waals surface area contributed by atoms with Gasteiger partial charge in [0.1, 0.15) is 0 Å². The first-order valence-corrected chi connectivity index (χ1v) is 7.94. The zero-order chi connectivity index (χ0) is 14.8. The molecule has 2 aromatic rings. The number of hydrogen-bond donors (Lipinski definition) is 2. The maximum atomic E-state index is 12.1. The van der Waals surface area contributed by atoms with Crippen molar-refractivity contribution in [3.63, 3.8) is 0 Å². The molecule has 0 spiro atoms. The Kier molecular flexibility index (Phi) is 4.20. The molecule has 2 rings (SSSR count). The first kappa shape index (κ1) is 14.7. The third kappa shape index (κ3) is 3.43. The Bertz CT molecular complexity index is 715. The number of aryl methyl sites for hydroxylation is 1. The van der Waals surface area contributed by atoms with Crippen LogP contribution in [0.2, 0.25) is 5.02 Å². The van der Waals surface area contributed by atoms with Crippen LogP contribution >= 0.6 is 11.6 Å². The lowest BCUT2D eigenvalue weighted by atomic mass is 10.2. The molecule has 4 nitrogen and oxygen atoms in total. The first-order chi connectivity index (χ1) is 9.39. The summed E-state index contributed by atoms with van der Waals surface area (Å²) in [6, 6.07) is 11.9. The molecule has 0 aromatic heterocycles. The quantitative estimate of drug-likeness (QED) is 0.851. The fourth-order valence-corrected chi connectivity index (χ4v) is 3.11. The molecule has 0 bridgehead atoms. The standard InChI is InChI=1S/C14H14ClNO3S/c1-10-7-8-12(14(17)13(10)15)16-20(18,19)9-11-5-3-2-4-6-11/h2-8,16-17H,9H2,1H3. The third-order valence-corrected chi connectivity index (χ3v) is 4.50. The van der Waals surface area contributed by atoms with Crippen LogP contribution in [0.25, 0.3) is 0 Å². The van der Waals surface area contributed by atoms with Crippen LogP contribution in [-0.2, 0) is 15.8 Å². The van der Waals surface area contributed by atoms with Crippen molar-refractivity contribution in [2.45, 2.75) is 12.7 Å². The van der Waals surface area contributed by atoms with Gasteiger partial charge in [0, 0.05) is 0 Å². The molecule has 106 valence electrons. The van der Waals surface area contributed by atoms with Crippen molar-refractivity contribution in [1.29, 1.82) is 0 Å². The molecule has 0 radical (unpaired) electrons. The number of halogens is 1. The van der Waals surface area contributed by atoms with E-state index in [0.717, 1.165) is 0 Å². The van der Waals surface area contributed by atoms with E-state index in [4.69, 9.17) is 11.6 Å². The Morgan fingerprint density at radius 3 is 2.45 bits per heavy atom. The van der Waals surface area contributed by atoms with Crippen molar-refractivity contribution >= 4 is 27.3 Å². The first-order valence-electron chi connectivity index (χ1n) is 5.91. The van der Waals surface area contributed by atoms with E-state index >= 15 is 0 Å². The van der Waals surface area contributed by atoms with Gasteiger partial charge in [-0.15, -0.1) is 0 Å². The van der Waals surface area contributed by atoms with Gasteiger partial charge in [-0.3, -0.25) is 4.72 Å². The van der Waals surface area contributed by atoms with Gasteiger partial charge in [0.25, 0.3) is 0 Å². The summed E-state index contributed by atoms with van der Waals surface area (Å²) in [5.74, 6) is -0.429. The molecule has 0 unspecified atom stereocenters. The minimum absolute atomic E-state index is 0.0801. The molecule has 0 saturated heterocycles. The third-order valence-electron chi connectivity index (χ3n) is 2.77. The second-order valence-electron chi connectivity index (χ2n) is 4.44. The SMILES string of the molecule is Cc1ccc(NS(=O)(=O)Cc2ccccc2)c(O)c1Cl. The molecule has 2 aromatic carbocycles. The Labute approximate surface area is 123 Å². The molecule has 6 heteroatoms. The minimum atomic E-state index is -3.61. The van der Waals surface area contributed by atoms with E-state index in [2.05, 4.69) is 4.72 Å². The lowest BCUT2D eigenvalue weighted by molar-refractivity contribution is 0.477. The molecule has 0 atom stereocenters. The summed E-state index contributed by atoms with van der Waals surface area (Å²) in [6.07, 6.45) is 0. The number of benzene rings is 2. The number of nitrogens with one attached hydrogen (secondary N) is 1. The highest BCUT2D eigenvalue weighted by atomic mass is 35.5. The van der Waals surface area contributed by atoms with Gasteiger partial charge in [-0.05, 0) is 24.1 Å². The predicted molar refractivity (Wildman–Crippen MR) is 80.5 cm³/mol. The maximum absolute atomic E-state index is 12.1. The fourth-order valence-electron chi connectivity index (χ4n) is 1.75. The zero-order valence-corrected chi connectivity index (χ0v) is 12.4. The molecule has 0 heterocycles. The average Bonchev–Trinajstić information content (AvgIpc) is 2.40. The molecule has 0 saturated carbocycles. The van der Waals surface area contributed by atoms with E-state index in [0.29, 0.717) is 11.1 Å². The largest absolute Gasteiger partial charge is 0.504 e. The molecular formula is C14H14ClNO3S.